The van der Waals surface area contributed by atoms with Crippen molar-refractivity contribution in [2.24, 2.45) is 5.73 Å². The predicted octanol–water partition coefficient (Wildman–Crippen LogP) is 2.27. The molecule has 88 valence electrons. The molecule has 1 aromatic heterocycles. The number of carbonyl (C=O) groups is 2. The molecular formula is C9H10Br2N2O2S. The van der Waals surface area contributed by atoms with Crippen molar-refractivity contribution in [2.75, 3.05) is 0 Å². The Kier molecular flexibility index (Phi) is 4.94. The van der Waals surface area contributed by atoms with E-state index in [1.54, 1.807) is 13.0 Å². The minimum absolute atomic E-state index is 0.138. The fourth-order valence-corrected chi connectivity index (χ4v) is 3.04. The van der Waals surface area contributed by atoms with E-state index in [0.29, 0.717) is 4.88 Å². The average molecular weight is 370 g/mol. The highest BCUT2D eigenvalue weighted by Gasteiger charge is 2.15. The van der Waals surface area contributed by atoms with Crippen molar-refractivity contribution >= 4 is 55.0 Å². The lowest BCUT2D eigenvalue weighted by Crippen LogP contribution is -2.35. The van der Waals surface area contributed by atoms with Gasteiger partial charge in [-0.05, 0) is 44.8 Å². The number of primary amides is 1. The quantitative estimate of drug-likeness (QED) is 0.854. The van der Waals surface area contributed by atoms with Gasteiger partial charge in [-0.25, -0.2) is 0 Å². The lowest BCUT2D eigenvalue weighted by Gasteiger charge is -2.10. The lowest BCUT2D eigenvalue weighted by molar-refractivity contribution is -0.118. The summed E-state index contributed by atoms with van der Waals surface area (Å²) in [6, 6.07) is 1.46. The van der Waals surface area contributed by atoms with E-state index in [2.05, 4.69) is 37.2 Å². The van der Waals surface area contributed by atoms with Gasteiger partial charge in [0, 0.05) is 16.9 Å². The number of carbonyl (C=O) groups excluding carboxylic acids is 2. The largest absolute Gasteiger partial charge is 0.370 e. The zero-order valence-corrected chi connectivity index (χ0v) is 12.4. The second-order valence-electron chi connectivity index (χ2n) is 3.28. The van der Waals surface area contributed by atoms with Crippen LogP contribution in [0.5, 0.6) is 0 Å². The first-order valence-corrected chi connectivity index (χ1v) is 6.84. The van der Waals surface area contributed by atoms with Crippen LogP contribution >= 0.6 is 43.2 Å². The number of nitrogens with two attached hydrogens (primary N) is 1. The molecule has 0 aliphatic carbocycles. The molecule has 0 aromatic carbocycles. The fraction of sp³-hybridized carbons (Fsp3) is 0.333. The van der Waals surface area contributed by atoms with E-state index in [1.165, 1.54) is 11.3 Å². The predicted molar refractivity (Wildman–Crippen MR) is 70.5 cm³/mol. The van der Waals surface area contributed by atoms with Crippen LogP contribution in [0.1, 0.15) is 23.0 Å². The normalized spacial score (nSPS) is 12.2. The minimum Gasteiger partial charge on any atom is -0.370 e. The Balaban J connectivity index is 2.62. The third kappa shape index (κ3) is 3.88. The summed E-state index contributed by atoms with van der Waals surface area (Å²) in [6.07, 6.45) is 0.138. The van der Waals surface area contributed by atoms with E-state index in [1.807, 2.05) is 0 Å². The molecule has 0 aliphatic heterocycles. The summed E-state index contributed by atoms with van der Waals surface area (Å²) in [6.45, 7) is 1.74. The van der Waals surface area contributed by atoms with Crippen molar-refractivity contribution < 1.29 is 9.59 Å². The first kappa shape index (κ1) is 13.7. The Bertz CT molecular complexity index is 400. The second-order valence-corrected chi connectivity index (χ2v) is 6.50. The van der Waals surface area contributed by atoms with Crippen LogP contribution in [0.2, 0.25) is 0 Å². The summed E-state index contributed by atoms with van der Waals surface area (Å²) in [5.74, 6) is -0.633. The van der Waals surface area contributed by atoms with Crippen LogP contribution in [-0.4, -0.2) is 17.9 Å². The Morgan fingerprint density at radius 1 is 1.56 bits per heavy atom. The van der Waals surface area contributed by atoms with Gasteiger partial charge in [-0.15, -0.1) is 11.3 Å². The molecule has 1 aromatic rings. The number of hydrogen-bond acceptors (Lipinski definition) is 3. The first-order chi connectivity index (χ1) is 7.40. The number of halogens is 2. The van der Waals surface area contributed by atoms with Gasteiger partial charge in [0.1, 0.15) is 0 Å². The van der Waals surface area contributed by atoms with Gasteiger partial charge < -0.3 is 11.1 Å². The second kappa shape index (κ2) is 5.79. The molecule has 0 saturated carbocycles. The molecule has 0 aliphatic rings. The van der Waals surface area contributed by atoms with Crippen molar-refractivity contribution in [3.63, 3.8) is 0 Å². The van der Waals surface area contributed by atoms with E-state index in [4.69, 9.17) is 5.73 Å². The number of nitrogens with one attached hydrogen (secondary N) is 1. The van der Waals surface area contributed by atoms with Crippen molar-refractivity contribution in [3.8, 4) is 0 Å². The lowest BCUT2D eigenvalue weighted by atomic mass is 10.2. The third-order valence-electron chi connectivity index (χ3n) is 1.75. The highest BCUT2D eigenvalue weighted by molar-refractivity contribution is 9.13. The van der Waals surface area contributed by atoms with Gasteiger partial charge in [-0.3, -0.25) is 9.59 Å². The first-order valence-electron chi connectivity index (χ1n) is 4.44. The van der Waals surface area contributed by atoms with Gasteiger partial charge in [0.15, 0.2) is 0 Å². The Morgan fingerprint density at radius 2 is 2.19 bits per heavy atom. The van der Waals surface area contributed by atoms with Crippen molar-refractivity contribution in [2.45, 2.75) is 19.4 Å². The molecule has 1 atom stereocenters. The van der Waals surface area contributed by atoms with Crippen LogP contribution in [0.25, 0.3) is 0 Å². The molecule has 0 saturated heterocycles. The maximum Gasteiger partial charge on any atom is 0.261 e. The molecule has 0 fully saturated rings. The summed E-state index contributed by atoms with van der Waals surface area (Å²) in [5.41, 5.74) is 5.03. The average Bonchev–Trinajstić information content (AvgIpc) is 2.45. The van der Waals surface area contributed by atoms with Crippen LogP contribution in [0.3, 0.4) is 0 Å². The summed E-state index contributed by atoms with van der Waals surface area (Å²) in [5, 5.41) is 2.70. The zero-order valence-electron chi connectivity index (χ0n) is 8.42. The molecule has 7 heteroatoms. The number of rotatable bonds is 4. The zero-order chi connectivity index (χ0) is 12.3. The Hall–Kier alpha value is -0.400. The molecule has 1 rings (SSSR count). The van der Waals surface area contributed by atoms with Crippen molar-refractivity contribution in [1.82, 2.24) is 5.32 Å². The fourth-order valence-electron chi connectivity index (χ4n) is 1.11. The number of hydrogen-bond donors (Lipinski definition) is 2. The van der Waals surface area contributed by atoms with Gasteiger partial charge in [0.2, 0.25) is 5.91 Å². The van der Waals surface area contributed by atoms with Gasteiger partial charge in [0.25, 0.3) is 5.91 Å². The molecule has 1 heterocycles. The van der Waals surface area contributed by atoms with Crippen LogP contribution in [0.4, 0.5) is 0 Å². The van der Waals surface area contributed by atoms with E-state index >= 15 is 0 Å². The van der Waals surface area contributed by atoms with Crippen LogP contribution in [0.15, 0.2) is 14.3 Å². The van der Waals surface area contributed by atoms with Gasteiger partial charge >= 0.3 is 0 Å². The monoisotopic (exact) mass is 368 g/mol. The third-order valence-corrected chi connectivity index (χ3v) is 5.01. The molecule has 2 amide bonds. The van der Waals surface area contributed by atoms with Crippen molar-refractivity contribution in [3.05, 3.63) is 19.2 Å². The van der Waals surface area contributed by atoms with Crippen LogP contribution in [-0.2, 0) is 4.79 Å². The molecule has 0 bridgehead atoms. The summed E-state index contributed by atoms with van der Waals surface area (Å²) in [7, 11) is 0. The Morgan fingerprint density at radius 3 is 2.62 bits per heavy atom. The number of amides is 2. The Labute approximate surface area is 114 Å². The smallest absolute Gasteiger partial charge is 0.261 e. The molecule has 1 unspecified atom stereocenters. The summed E-state index contributed by atoms with van der Waals surface area (Å²) < 4.78 is 1.70. The standard InChI is InChI=1S/C9H10Br2N2O2S/c1-4(2-7(12)14)13-9(15)6-3-5(10)8(11)16-6/h3-4H,2H2,1H3,(H2,12,14)(H,13,15). The topological polar surface area (TPSA) is 72.2 Å². The highest BCUT2D eigenvalue weighted by atomic mass is 79.9. The molecule has 0 radical (unpaired) electrons. The van der Waals surface area contributed by atoms with E-state index in [-0.39, 0.29) is 18.4 Å². The van der Waals surface area contributed by atoms with Gasteiger partial charge in [0.05, 0.1) is 8.66 Å². The minimum atomic E-state index is -0.429. The molecule has 16 heavy (non-hydrogen) atoms. The SMILES string of the molecule is CC(CC(N)=O)NC(=O)c1cc(Br)c(Br)s1. The van der Waals surface area contributed by atoms with Crippen molar-refractivity contribution in [1.29, 1.82) is 0 Å². The summed E-state index contributed by atoms with van der Waals surface area (Å²) >= 11 is 7.93. The van der Waals surface area contributed by atoms with E-state index in [0.717, 1.165) is 8.26 Å². The van der Waals surface area contributed by atoms with E-state index < -0.39 is 5.91 Å². The molecule has 4 nitrogen and oxygen atoms in total. The number of thiophene rings is 1. The molecular weight excluding hydrogens is 360 g/mol. The van der Waals surface area contributed by atoms with Crippen LogP contribution < -0.4 is 11.1 Å². The maximum atomic E-state index is 11.7. The highest BCUT2D eigenvalue weighted by Crippen LogP contribution is 2.32. The van der Waals surface area contributed by atoms with Gasteiger partial charge in [-0.1, -0.05) is 0 Å². The van der Waals surface area contributed by atoms with Gasteiger partial charge in [-0.2, -0.15) is 0 Å². The molecule has 0 spiro atoms. The van der Waals surface area contributed by atoms with E-state index in [9.17, 15) is 9.59 Å². The maximum absolute atomic E-state index is 11.7. The van der Waals surface area contributed by atoms with Crippen LogP contribution in [0, 0.1) is 0 Å². The molecule has 3 N–H and O–H groups in total. The summed E-state index contributed by atoms with van der Waals surface area (Å²) in [4.78, 5) is 22.9.